The second kappa shape index (κ2) is 8.37. The van der Waals surface area contributed by atoms with E-state index in [1.807, 2.05) is 32.5 Å². The molecule has 0 aliphatic heterocycles. The fraction of sp³-hybridized carbons (Fsp3) is 0.353. The van der Waals surface area contributed by atoms with Crippen molar-refractivity contribution in [2.24, 2.45) is 0 Å². The SMILES string of the molecule is COc1cc(Cl)c(C)cc1NC(=O)NC[C@H](c1cccs1)N(C)C. The van der Waals surface area contributed by atoms with Gasteiger partial charge in [0.25, 0.3) is 0 Å². The minimum absolute atomic E-state index is 0.129. The van der Waals surface area contributed by atoms with Crippen molar-refractivity contribution in [3.8, 4) is 5.75 Å². The highest BCUT2D eigenvalue weighted by Gasteiger charge is 2.17. The number of halogens is 1. The molecule has 0 saturated carbocycles. The summed E-state index contributed by atoms with van der Waals surface area (Å²) >= 11 is 7.76. The zero-order valence-corrected chi connectivity index (χ0v) is 15.8. The summed E-state index contributed by atoms with van der Waals surface area (Å²) in [6, 6.07) is 7.42. The molecule has 0 radical (unpaired) electrons. The summed E-state index contributed by atoms with van der Waals surface area (Å²) in [6.07, 6.45) is 0. The van der Waals surface area contributed by atoms with Crippen LogP contribution >= 0.6 is 22.9 Å². The molecule has 2 amide bonds. The van der Waals surface area contributed by atoms with E-state index in [2.05, 4.69) is 21.6 Å². The zero-order valence-electron chi connectivity index (χ0n) is 14.2. The second-order valence-corrected chi connectivity index (χ2v) is 7.02. The van der Waals surface area contributed by atoms with E-state index >= 15 is 0 Å². The molecule has 0 fully saturated rings. The Kier molecular flexibility index (Phi) is 6.48. The van der Waals surface area contributed by atoms with Crippen molar-refractivity contribution in [3.63, 3.8) is 0 Å². The quantitative estimate of drug-likeness (QED) is 0.806. The molecule has 5 nitrogen and oxygen atoms in total. The average molecular weight is 368 g/mol. The molecule has 1 atom stereocenters. The van der Waals surface area contributed by atoms with Gasteiger partial charge in [0.15, 0.2) is 0 Å². The van der Waals surface area contributed by atoms with Gasteiger partial charge in [-0.2, -0.15) is 0 Å². The molecule has 0 bridgehead atoms. The lowest BCUT2D eigenvalue weighted by Gasteiger charge is -2.23. The summed E-state index contributed by atoms with van der Waals surface area (Å²) in [7, 11) is 5.54. The number of aryl methyl sites for hydroxylation is 1. The summed E-state index contributed by atoms with van der Waals surface area (Å²) < 4.78 is 5.27. The van der Waals surface area contributed by atoms with E-state index in [9.17, 15) is 4.79 Å². The summed E-state index contributed by atoms with van der Waals surface area (Å²) in [5.41, 5.74) is 1.46. The van der Waals surface area contributed by atoms with Gasteiger partial charge in [-0.05, 0) is 44.1 Å². The van der Waals surface area contributed by atoms with Gasteiger partial charge in [0.2, 0.25) is 0 Å². The van der Waals surface area contributed by atoms with E-state index in [0.29, 0.717) is 23.0 Å². The lowest BCUT2D eigenvalue weighted by Crippen LogP contribution is -2.36. The monoisotopic (exact) mass is 367 g/mol. The Balaban J connectivity index is 2.02. The molecule has 0 spiro atoms. The molecule has 2 N–H and O–H groups in total. The van der Waals surface area contributed by atoms with Crippen LogP contribution in [0.1, 0.15) is 16.5 Å². The normalized spacial score (nSPS) is 12.1. The number of thiophene rings is 1. The minimum Gasteiger partial charge on any atom is -0.495 e. The summed E-state index contributed by atoms with van der Waals surface area (Å²) in [6.45, 7) is 2.39. The Morgan fingerprint density at radius 1 is 1.42 bits per heavy atom. The highest BCUT2D eigenvalue weighted by Crippen LogP contribution is 2.31. The standard InChI is InChI=1S/C17H22ClN3O2S/c1-11-8-13(15(23-4)9-12(11)18)20-17(22)19-10-14(21(2)3)16-6-5-7-24-16/h5-9,14H,10H2,1-4H3,(H2,19,20,22)/t14-/m1/s1. The Morgan fingerprint density at radius 3 is 2.75 bits per heavy atom. The van der Waals surface area contributed by atoms with Crippen LogP contribution < -0.4 is 15.4 Å². The lowest BCUT2D eigenvalue weighted by molar-refractivity contribution is 0.244. The van der Waals surface area contributed by atoms with Crippen LogP contribution in [0.15, 0.2) is 29.6 Å². The van der Waals surface area contributed by atoms with Crippen molar-refractivity contribution in [2.45, 2.75) is 13.0 Å². The summed E-state index contributed by atoms with van der Waals surface area (Å²) in [5.74, 6) is 0.531. The third kappa shape index (κ3) is 4.63. The highest BCUT2D eigenvalue weighted by molar-refractivity contribution is 7.10. The number of carbonyl (C=O) groups is 1. The fourth-order valence-electron chi connectivity index (χ4n) is 2.30. The van der Waals surface area contributed by atoms with Crippen molar-refractivity contribution in [2.75, 3.05) is 33.1 Å². The molecule has 1 aromatic heterocycles. The number of benzene rings is 1. The van der Waals surface area contributed by atoms with Gasteiger partial charge in [0.05, 0.1) is 18.8 Å². The fourth-order valence-corrected chi connectivity index (χ4v) is 3.38. The first-order valence-electron chi connectivity index (χ1n) is 7.51. The molecule has 0 aliphatic carbocycles. The van der Waals surface area contributed by atoms with Crippen LogP contribution in [0.3, 0.4) is 0 Å². The minimum atomic E-state index is -0.279. The van der Waals surface area contributed by atoms with Crippen molar-refractivity contribution < 1.29 is 9.53 Å². The van der Waals surface area contributed by atoms with E-state index in [-0.39, 0.29) is 12.1 Å². The molecule has 0 aliphatic rings. The van der Waals surface area contributed by atoms with Gasteiger partial charge in [0.1, 0.15) is 5.75 Å². The van der Waals surface area contributed by atoms with Crippen molar-refractivity contribution >= 4 is 34.7 Å². The number of rotatable bonds is 6. The van der Waals surface area contributed by atoms with Gasteiger partial charge < -0.3 is 20.3 Å². The summed E-state index contributed by atoms with van der Waals surface area (Å²) in [4.78, 5) is 15.5. The van der Waals surface area contributed by atoms with Gasteiger partial charge in [-0.15, -0.1) is 11.3 Å². The second-order valence-electron chi connectivity index (χ2n) is 5.63. The number of ether oxygens (including phenoxy) is 1. The van der Waals surface area contributed by atoms with Crippen LogP contribution in [0.4, 0.5) is 10.5 Å². The number of urea groups is 1. The van der Waals surface area contributed by atoms with Gasteiger partial charge in [0, 0.05) is 22.5 Å². The van der Waals surface area contributed by atoms with Crippen LogP contribution in [0.25, 0.3) is 0 Å². The number of nitrogens with one attached hydrogen (secondary N) is 2. The molecule has 7 heteroatoms. The van der Waals surface area contributed by atoms with Gasteiger partial charge in [-0.25, -0.2) is 4.79 Å². The number of carbonyl (C=O) groups excluding carboxylic acids is 1. The molecule has 1 aromatic carbocycles. The first-order chi connectivity index (χ1) is 11.4. The van der Waals surface area contributed by atoms with Crippen LogP contribution in [0, 0.1) is 6.92 Å². The van der Waals surface area contributed by atoms with E-state index in [0.717, 1.165) is 5.56 Å². The van der Waals surface area contributed by atoms with Crippen molar-refractivity contribution in [1.82, 2.24) is 10.2 Å². The number of hydrogen-bond donors (Lipinski definition) is 2. The van der Waals surface area contributed by atoms with Crippen LogP contribution in [-0.4, -0.2) is 38.7 Å². The molecular weight excluding hydrogens is 346 g/mol. The molecular formula is C17H22ClN3O2S. The van der Waals surface area contributed by atoms with E-state index in [4.69, 9.17) is 16.3 Å². The van der Waals surface area contributed by atoms with E-state index in [1.54, 1.807) is 30.6 Å². The number of likely N-dealkylation sites (N-methyl/N-ethyl adjacent to an activating group) is 1. The number of hydrogen-bond acceptors (Lipinski definition) is 4. The molecule has 0 unspecified atom stereocenters. The topological polar surface area (TPSA) is 53.6 Å². The van der Waals surface area contributed by atoms with Crippen LogP contribution in [0.2, 0.25) is 5.02 Å². The first kappa shape index (κ1) is 18.6. The smallest absolute Gasteiger partial charge is 0.319 e. The third-order valence-corrected chi connectivity index (χ3v) is 5.06. The number of anilines is 1. The number of nitrogens with zero attached hydrogens (tertiary/aromatic N) is 1. The van der Waals surface area contributed by atoms with Crippen molar-refractivity contribution in [1.29, 1.82) is 0 Å². The first-order valence-corrected chi connectivity index (χ1v) is 8.77. The Bertz CT molecular complexity index is 689. The lowest BCUT2D eigenvalue weighted by atomic mass is 10.2. The van der Waals surface area contributed by atoms with E-state index < -0.39 is 0 Å². The molecule has 130 valence electrons. The number of methoxy groups -OCH3 is 1. The van der Waals surface area contributed by atoms with Gasteiger partial charge >= 0.3 is 6.03 Å². The predicted molar refractivity (Wildman–Crippen MR) is 101 cm³/mol. The average Bonchev–Trinajstić information content (AvgIpc) is 3.04. The van der Waals surface area contributed by atoms with Gasteiger partial charge in [-0.3, -0.25) is 0 Å². The van der Waals surface area contributed by atoms with E-state index in [1.165, 1.54) is 4.88 Å². The maximum Gasteiger partial charge on any atom is 0.319 e. The van der Waals surface area contributed by atoms with Gasteiger partial charge in [-0.1, -0.05) is 17.7 Å². The summed E-state index contributed by atoms with van der Waals surface area (Å²) in [5, 5.41) is 8.37. The molecule has 24 heavy (non-hydrogen) atoms. The number of amides is 2. The largest absolute Gasteiger partial charge is 0.495 e. The predicted octanol–water partition coefficient (Wildman–Crippen LogP) is 4.14. The Labute approximate surface area is 151 Å². The Hall–Kier alpha value is -1.76. The maximum absolute atomic E-state index is 12.2. The van der Waals surface area contributed by atoms with Crippen LogP contribution in [-0.2, 0) is 0 Å². The maximum atomic E-state index is 12.2. The third-order valence-electron chi connectivity index (χ3n) is 3.68. The molecule has 1 heterocycles. The molecule has 0 saturated heterocycles. The molecule has 2 aromatic rings. The molecule has 2 rings (SSSR count). The Morgan fingerprint density at radius 2 is 2.17 bits per heavy atom. The zero-order chi connectivity index (χ0) is 17.7. The van der Waals surface area contributed by atoms with Crippen molar-refractivity contribution in [3.05, 3.63) is 45.1 Å². The van der Waals surface area contributed by atoms with Crippen LogP contribution in [0.5, 0.6) is 5.75 Å². The highest BCUT2D eigenvalue weighted by atomic mass is 35.5.